The van der Waals surface area contributed by atoms with E-state index >= 15 is 0 Å². The van der Waals surface area contributed by atoms with Crippen LogP contribution in [0.5, 0.6) is 0 Å². The van der Waals surface area contributed by atoms with E-state index in [4.69, 9.17) is 4.42 Å². The van der Waals surface area contributed by atoms with E-state index in [0.717, 1.165) is 27.9 Å². The Morgan fingerprint density at radius 3 is 2.85 bits per heavy atom. The molecule has 1 atom stereocenters. The summed E-state index contributed by atoms with van der Waals surface area (Å²) in [7, 11) is 1.99. The van der Waals surface area contributed by atoms with Crippen molar-refractivity contribution in [1.82, 2.24) is 9.47 Å². The van der Waals surface area contributed by atoms with E-state index in [2.05, 4.69) is 16.0 Å². The number of anilines is 1. The first-order valence-electron chi connectivity index (χ1n) is 8.50. The van der Waals surface area contributed by atoms with Crippen LogP contribution in [0.4, 0.5) is 5.69 Å². The minimum absolute atomic E-state index is 0.255. The Labute approximate surface area is 149 Å². The number of carbonyl (C=O) groups is 2. The Bertz CT molecular complexity index is 1100. The molecular formula is C20H17N3O3. The summed E-state index contributed by atoms with van der Waals surface area (Å²) in [6.45, 7) is 1.67. The van der Waals surface area contributed by atoms with Crippen LogP contribution in [-0.2, 0) is 16.6 Å². The first kappa shape index (κ1) is 15.0. The lowest BCUT2D eigenvalue weighted by Gasteiger charge is -2.17. The molecule has 130 valence electrons. The van der Waals surface area contributed by atoms with Crippen LogP contribution in [0.15, 0.2) is 58.5 Å². The number of aryl methyl sites for hydroxylation is 1. The largest absolute Gasteiger partial charge is 0.468 e. The molecular weight excluding hydrogens is 330 g/mol. The van der Waals surface area contributed by atoms with Gasteiger partial charge in [-0.15, -0.1) is 0 Å². The van der Waals surface area contributed by atoms with Crippen LogP contribution >= 0.6 is 0 Å². The number of amides is 2. The molecule has 5 rings (SSSR count). The number of benzene rings is 1. The van der Waals surface area contributed by atoms with Crippen LogP contribution in [0.1, 0.15) is 24.2 Å². The molecule has 6 nitrogen and oxygen atoms in total. The Kier molecular flexibility index (Phi) is 2.95. The third kappa shape index (κ3) is 1.87. The number of nitrogens with one attached hydrogen (secondary N) is 1. The number of furan rings is 1. The molecule has 0 bridgehead atoms. The molecule has 0 saturated heterocycles. The Morgan fingerprint density at radius 2 is 2.12 bits per heavy atom. The Balaban J connectivity index is 1.82. The lowest BCUT2D eigenvalue weighted by Crippen LogP contribution is -2.33. The molecule has 6 heteroatoms. The van der Waals surface area contributed by atoms with Gasteiger partial charge < -0.3 is 14.3 Å². The average molecular weight is 347 g/mol. The van der Waals surface area contributed by atoms with Gasteiger partial charge in [-0.2, -0.15) is 0 Å². The molecule has 2 aromatic heterocycles. The van der Waals surface area contributed by atoms with Crippen LogP contribution in [0.2, 0.25) is 0 Å². The predicted molar refractivity (Wildman–Crippen MR) is 96.5 cm³/mol. The number of carbonyl (C=O) groups excluding carboxylic acids is 2. The molecule has 0 aliphatic carbocycles. The van der Waals surface area contributed by atoms with Gasteiger partial charge in [-0.05, 0) is 29.8 Å². The molecule has 0 spiro atoms. The van der Waals surface area contributed by atoms with Crippen molar-refractivity contribution in [3.63, 3.8) is 0 Å². The second-order valence-electron chi connectivity index (χ2n) is 6.77. The van der Waals surface area contributed by atoms with Gasteiger partial charge in [-0.3, -0.25) is 14.5 Å². The van der Waals surface area contributed by atoms with Crippen molar-refractivity contribution in [3.05, 3.63) is 65.4 Å². The van der Waals surface area contributed by atoms with Gasteiger partial charge in [0.2, 0.25) is 5.91 Å². The van der Waals surface area contributed by atoms with Crippen molar-refractivity contribution < 1.29 is 14.0 Å². The maximum Gasteiger partial charge on any atom is 0.259 e. The fraction of sp³-hybridized carbons (Fsp3) is 0.200. The first-order valence-corrected chi connectivity index (χ1v) is 8.50. The second kappa shape index (κ2) is 5.11. The molecule has 2 aliphatic heterocycles. The molecule has 1 N–H and O–H groups in total. The zero-order valence-electron chi connectivity index (χ0n) is 14.4. The monoisotopic (exact) mass is 347 g/mol. The van der Waals surface area contributed by atoms with Gasteiger partial charge in [0.15, 0.2) is 0 Å². The van der Waals surface area contributed by atoms with Crippen molar-refractivity contribution in [1.29, 1.82) is 0 Å². The summed E-state index contributed by atoms with van der Waals surface area (Å²) in [6, 6.07) is 9.75. The number of hydrogen-bond acceptors (Lipinski definition) is 4. The summed E-state index contributed by atoms with van der Waals surface area (Å²) >= 11 is 0. The van der Waals surface area contributed by atoms with Gasteiger partial charge in [0.25, 0.3) is 5.91 Å². The molecule has 26 heavy (non-hydrogen) atoms. The Hall–Kier alpha value is -3.28. The van der Waals surface area contributed by atoms with Gasteiger partial charge in [0.05, 0.1) is 29.8 Å². The number of hydrogen-bond donors (Lipinski definition) is 1. The van der Waals surface area contributed by atoms with Crippen molar-refractivity contribution in [2.75, 3.05) is 11.9 Å². The number of imide groups is 1. The molecule has 3 aromatic rings. The van der Waals surface area contributed by atoms with E-state index in [0.29, 0.717) is 11.3 Å². The van der Waals surface area contributed by atoms with E-state index in [1.165, 1.54) is 11.8 Å². The van der Waals surface area contributed by atoms with Crippen LogP contribution in [-0.4, -0.2) is 27.8 Å². The summed E-state index contributed by atoms with van der Waals surface area (Å²) in [4.78, 5) is 26.3. The fourth-order valence-electron chi connectivity index (χ4n) is 4.12. The number of nitrogens with zero attached hydrogens (tertiary/aromatic N) is 2. The molecule has 4 heterocycles. The predicted octanol–water partition coefficient (Wildman–Crippen LogP) is 2.97. The van der Waals surface area contributed by atoms with Gasteiger partial charge in [0.1, 0.15) is 5.76 Å². The second-order valence-corrected chi connectivity index (χ2v) is 6.77. The fourth-order valence-corrected chi connectivity index (χ4v) is 4.12. The maximum absolute atomic E-state index is 13.1. The normalized spacial score (nSPS) is 18.9. The molecule has 0 saturated carbocycles. The molecule has 0 radical (unpaired) electrons. The SMILES string of the molecule is CC(=O)N1CC2=C(C1=O)[C@H](c1ccco1)c1cn(C)c3cccc(c13)N2. The van der Waals surface area contributed by atoms with Crippen LogP contribution in [0.25, 0.3) is 10.9 Å². The van der Waals surface area contributed by atoms with Crippen molar-refractivity contribution in [2.24, 2.45) is 7.05 Å². The lowest BCUT2D eigenvalue weighted by atomic mass is 9.88. The smallest absolute Gasteiger partial charge is 0.259 e. The van der Waals surface area contributed by atoms with Gasteiger partial charge in [0, 0.05) is 36.9 Å². The molecule has 2 amide bonds. The van der Waals surface area contributed by atoms with Crippen molar-refractivity contribution in [2.45, 2.75) is 12.8 Å². The summed E-state index contributed by atoms with van der Waals surface area (Å²) in [5.74, 6) is -0.167. The van der Waals surface area contributed by atoms with Crippen LogP contribution < -0.4 is 5.32 Å². The van der Waals surface area contributed by atoms with E-state index < -0.39 is 0 Å². The number of rotatable bonds is 1. The molecule has 0 unspecified atom stereocenters. The third-order valence-corrected chi connectivity index (χ3v) is 5.25. The van der Waals surface area contributed by atoms with Gasteiger partial charge in [-0.1, -0.05) is 6.07 Å². The highest BCUT2D eigenvalue weighted by molar-refractivity contribution is 6.11. The average Bonchev–Trinajstić information content (AvgIpc) is 3.29. The molecule has 1 aromatic carbocycles. The van der Waals surface area contributed by atoms with E-state index in [1.807, 2.05) is 37.5 Å². The van der Waals surface area contributed by atoms with Crippen LogP contribution in [0.3, 0.4) is 0 Å². The number of aromatic nitrogens is 1. The highest BCUT2D eigenvalue weighted by Crippen LogP contribution is 2.46. The summed E-state index contributed by atoms with van der Waals surface area (Å²) in [5.41, 5.74) is 4.37. The maximum atomic E-state index is 13.1. The summed E-state index contributed by atoms with van der Waals surface area (Å²) in [5, 5.41) is 4.49. The molecule has 2 aliphatic rings. The summed E-state index contributed by atoms with van der Waals surface area (Å²) in [6.07, 6.45) is 3.66. The van der Waals surface area contributed by atoms with Gasteiger partial charge in [-0.25, -0.2) is 0 Å². The minimum atomic E-state index is -0.350. The van der Waals surface area contributed by atoms with Crippen LogP contribution in [0, 0.1) is 0 Å². The van der Waals surface area contributed by atoms with Crippen molar-refractivity contribution in [3.8, 4) is 0 Å². The minimum Gasteiger partial charge on any atom is -0.468 e. The van der Waals surface area contributed by atoms with Gasteiger partial charge >= 0.3 is 0 Å². The summed E-state index contributed by atoms with van der Waals surface area (Å²) < 4.78 is 7.76. The van der Waals surface area contributed by atoms with E-state index in [-0.39, 0.29) is 24.3 Å². The quantitative estimate of drug-likeness (QED) is 0.735. The van der Waals surface area contributed by atoms with E-state index in [9.17, 15) is 9.59 Å². The first-order chi connectivity index (χ1) is 12.6. The third-order valence-electron chi connectivity index (χ3n) is 5.25. The Morgan fingerprint density at radius 1 is 1.27 bits per heavy atom. The highest BCUT2D eigenvalue weighted by Gasteiger charge is 2.42. The zero-order chi connectivity index (χ0) is 18.0. The highest BCUT2D eigenvalue weighted by atomic mass is 16.3. The molecule has 0 fully saturated rings. The topological polar surface area (TPSA) is 67.5 Å². The standard InChI is InChI=1S/C20H17N3O3/c1-11(24)23-10-14-19(20(23)25)18(16-7-4-8-26-16)12-9-22(2)15-6-3-5-13(21-14)17(12)15/h3-9,18,21H,10H2,1-2H3/t18-/m0/s1. The van der Waals surface area contributed by atoms with Crippen molar-refractivity contribution >= 4 is 28.4 Å². The van der Waals surface area contributed by atoms with E-state index in [1.54, 1.807) is 6.26 Å². The zero-order valence-corrected chi connectivity index (χ0v) is 14.4. The lowest BCUT2D eigenvalue weighted by molar-refractivity contribution is -0.139.